The summed E-state index contributed by atoms with van der Waals surface area (Å²) in [5.74, 6) is 0.514. The van der Waals surface area contributed by atoms with Crippen LogP contribution >= 0.6 is 0 Å². The minimum atomic E-state index is -0.485. The van der Waals surface area contributed by atoms with Gasteiger partial charge in [-0.2, -0.15) is 5.10 Å². The normalized spacial score (nSPS) is 17.2. The summed E-state index contributed by atoms with van der Waals surface area (Å²) in [6, 6.07) is 3.05. The summed E-state index contributed by atoms with van der Waals surface area (Å²) < 4.78 is 1.68. The minimum absolute atomic E-state index is 0.0469. The van der Waals surface area contributed by atoms with E-state index in [-0.39, 0.29) is 17.6 Å². The Morgan fingerprint density at radius 1 is 1.44 bits per heavy atom. The van der Waals surface area contributed by atoms with Crippen molar-refractivity contribution in [2.45, 2.75) is 12.5 Å². The highest BCUT2D eigenvalue weighted by Gasteiger charge is 2.25. The molecule has 0 bridgehead atoms. The molecule has 1 amide bonds. The standard InChI is InChI=1S/C16H18N6O3/c1-20-10-12(8-18-20)2-5-16(23)21-7-6-13(11-21)19-15-4-3-14(9-17-15)22(24)25/h2-5,8-10,13H,6-7,11H2,1H3,(H,17,19)/b5-2+/t13-/m1/s1. The molecule has 0 spiro atoms. The molecule has 9 heteroatoms. The molecule has 3 heterocycles. The molecule has 3 rings (SSSR count). The van der Waals surface area contributed by atoms with Crippen LogP contribution in [0.1, 0.15) is 12.0 Å². The van der Waals surface area contributed by atoms with Crippen LogP contribution in [0.3, 0.4) is 0 Å². The molecule has 1 N–H and O–H groups in total. The fourth-order valence-electron chi connectivity index (χ4n) is 2.67. The van der Waals surface area contributed by atoms with E-state index in [1.807, 2.05) is 13.2 Å². The quantitative estimate of drug-likeness (QED) is 0.501. The summed E-state index contributed by atoms with van der Waals surface area (Å²) >= 11 is 0. The van der Waals surface area contributed by atoms with Crippen molar-refractivity contribution < 1.29 is 9.72 Å². The SMILES string of the molecule is Cn1cc(/C=C/C(=O)N2CC[C@@H](Nc3ccc([N+](=O)[O-])cn3)C2)cn1. The Bertz CT molecular complexity index is 798. The van der Waals surface area contributed by atoms with Gasteiger partial charge in [0.05, 0.1) is 11.1 Å². The molecule has 1 aliphatic rings. The average Bonchev–Trinajstić information content (AvgIpc) is 3.22. The summed E-state index contributed by atoms with van der Waals surface area (Å²) in [6.45, 7) is 1.22. The molecule has 130 valence electrons. The molecule has 0 unspecified atom stereocenters. The molecule has 9 nitrogen and oxygen atoms in total. The van der Waals surface area contributed by atoms with E-state index in [1.54, 1.807) is 34.0 Å². The van der Waals surface area contributed by atoms with Gasteiger partial charge in [-0.05, 0) is 18.6 Å². The lowest BCUT2D eigenvalue weighted by Gasteiger charge is -2.15. The molecule has 1 aliphatic heterocycles. The lowest BCUT2D eigenvalue weighted by Crippen LogP contribution is -2.30. The highest BCUT2D eigenvalue weighted by atomic mass is 16.6. The number of pyridine rings is 1. The van der Waals surface area contributed by atoms with Crippen LogP contribution in [-0.4, -0.2) is 49.6 Å². The number of aromatic nitrogens is 3. The van der Waals surface area contributed by atoms with Crippen LogP contribution in [0.25, 0.3) is 6.08 Å². The van der Waals surface area contributed by atoms with Crippen molar-refractivity contribution >= 4 is 23.5 Å². The molecule has 0 aromatic carbocycles. The molecular formula is C16H18N6O3. The van der Waals surface area contributed by atoms with Gasteiger partial charge in [-0.15, -0.1) is 0 Å². The Morgan fingerprint density at radius 2 is 2.28 bits per heavy atom. The van der Waals surface area contributed by atoms with Crippen molar-refractivity contribution in [3.05, 3.63) is 52.5 Å². The van der Waals surface area contributed by atoms with Gasteiger partial charge in [0.1, 0.15) is 12.0 Å². The third-order valence-electron chi connectivity index (χ3n) is 3.95. The molecule has 1 saturated heterocycles. The summed E-state index contributed by atoms with van der Waals surface area (Å²) in [5, 5.41) is 17.9. The Kier molecular flexibility index (Phi) is 4.73. The van der Waals surface area contributed by atoms with Crippen molar-refractivity contribution in [2.75, 3.05) is 18.4 Å². The van der Waals surface area contributed by atoms with Gasteiger partial charge in [0.2, 0.25) is 5.91 Å². The van der Waals surface area contributed by atoms with Crippen LogP contribution in [0.4, 0.5) is 11.5 Å². The van der Waals surface area contributed by atoms with Crippen LogP contribution < -0.4 is 5.32 Å². The first-order valence-corrected chi connectivity index (χ1v) is 7.84. The number of hydrogen-bond acceptors (Lipinski definition) is 6. The van der Waals surface area contributed by atoms with Gasteiger partial charge in [-0.25, -0.2) is 4.98 Å². The first-order valence-electron chi connectivity index (χ1n) is 7.84. The number of likely N-dealkylation sites (tertiary alicyclic amines) is 1. The first kappa shape index (κ1) is 16.6. The van der Waals surface area contributed by atoms with Gasteiger partial charge in [0, 0.05) is 50.1 Å². The van der Waals surface area contributed by atoms with E-state index < -0.39 is 4.92 Å². The number of rotatable bonds is 5. The van der Waals surface area contributed by atoms with Crippen LogP contribution in [0, 0.1) is 10.1 Å². The number of aryl methyl sites for hydroxylation is 1. The first-order chi connectivity index (χ1) is 12.0. The Hall–Kier alpha value is -3.23. The summed E-state index contributed by atoms with van der Waals surface area (Å²) in [4.78, 5) is 28.2. The van der Waals surface area contributed by atoms with Gasteiger partial charge in [-0.1, -0.05) is 0 Å². The lowest BCUT2D eigenvalue weighted by atomic mass is 10.2. The van der Waals surface area contributed by atoms with Crippen molar-refractivity contribution in [3.63, 3.8) is 0 Å². The third kappa shape index (κ3) is 4.19. The number of nitrogens with one attached hydrogen (secondary N) is 1. The lowest BCUT2D eigenvalue weighted by molar-refractivity contribution is -0.385. The number of hydrogen-bond donors (Lipinski definition) is 1. The maximum absolute atomic E-state index is 12.2. The van der Waals surface area contributed by atoms with E-state index in [2.05, 4.69) is 15.4 Å². The van der Waals surface area contributed by atoms with Crippen molar-refractivity contribution in [1.82, 2.24) is 19.7 Å². The molecular weight excluding hydrogens is 324 g/mol. The van der Waals surface area contributed by atoms with E-state index in [1.165, 1.54) is 12.3 Å². The van der Waals surface area contributed by atoms with Gasteiger partial charge < -0.3 is 10.2 Å². The Morgan fingerprint density at radius 3 is 2.92 bits per heavy atom. The number of anilines is 1. The number of carbonyl (C=O) groups excluding carboxylic acids is 1. The second-order valence-corrected chi connectivity index (χ2v) is 5.85. The largest absolute Gasteiger partial charge is 0.365 e. The van der Waals surface area contributed by atoms with E-state index in [9.17, 15) is 14.9 Å². The zero-order valence-corrected chi connectivity index (χ0v) is 13.7. The van der Waals surface area contributed by atoms with Crippen LogP contribution in [-0.2, 0) is 11.8 Å². The predicted octanol–water partition coefficient (Wildman–Crippen LogP) is 1.45. The smallest absolute Gasteiger partial charge is 0.287 e. The molecule has 2 aromatic rings. The summed E-state index contributed by atoms with van der Waals surface area (Å²) in [7, 11) is 1.82. The molecule has 2 aromatic heterocycles. The van der Waals surface area contributed by atoms with Crippen molar-refractivity contribution in [1.29, 1.82) is 0 Å². The molecule has 1 atom stereocenters. The summed E-state index contributed by atoms with van der Waals surface area (Å²) in [5.41, 5.74) is 0.828. The molecule has 0 saturated carbocycles. The molecule has 0 radical (unpaired) electrons. The van der Waals surface area contributed by atoms with E-state index in [0.717, 1.165) is 12.0 Å². The van der Waals surface area contributed by atoms with Gasteiger partial charge in [0.15, 0.2) is 0 Å². The Balaban J connectivity index is 1.53. The second-order valence-electron chi connectivity index (χ2n) is 5.85. The molecule has 25 heavy (non-hydrogen) atoms. The van der Waals surface area contributed by atoms with Crippen LogP contribution in [0.5, 0.6) is 0 Å². The minimum Gasteiger partial charge on any atom is -0.365 e. The van der Waals surface area contributed by atoms with Gasteiger partial charge in [0.25, 0.3) is 5.69 Å². The molecule has 0 aliphatic carbocycles. The fourth-order valence-corrected chi connectivity index (χ4v) is 2.67. The Labute approximate surface area is 144 Å². The number of nitro groups is 1. The van der Waals surface area contributed by atoms with E-state index in [0.29, 0.717) is 18.9 Å². The van der Waals surface area contributed by atoms with Crippen molar-refractivity contribution in [2.24, 2.45) is 7.05 Å². The highest BCUT2D eigenvalue weighted by molar-refractivity contribution is 5.92. The van der Waals surface area contributed by atoms with E-state index in [4.69, 9.17) is 0 Å². The van der Waals surface area contributed by atoms with Gasteiger partial charge in [-0.3, -0.25) is 19.6 Å². The second kappa shape index (κ2) is 7.12. The topological polar surface area (TPSA) is 106 Å². The van der Waals surface area contributed by atoms with Crippen LogP contribution in [0.2, 0.25) is 0 Å². The number of amides is 1. The predicted molar refractivity (Wildman–Crippen MR) is 91.7 cm³/mol. The summed E-state index contributed by atoms with van der Waals surface area (Å²) in [6.07, 6.45) is 8.83. The number of carbonyl (C=O) groups is 1. The highest BCUT2D eigenvalue weighted by Crippen LogP contribution is 2.17. The van der Waals surface area contributed by atoms with Crippen molar-refractivity contribution in [3.8, 4) is 0 Å². The van der Waals surface area contributed by atoms with E-state index >= 15 is 0 Å². The maximum atomic E-state index is 12.2. The monoisotopic (exact) mass is 342 g/mol. The zero-order chi connectivity index (χ0) is 17.8. The maximum Gasteiger partial charge on any atom is 0.287 e. The molecule has 1 fully saturated rings. The number of nitrogens with zero attached hydrogens (tertiary/aromatic N) is 5. The third-order valence-corrected chi connectivity index (χ3v) is 3.95. The van der Waals surface area contributed by atoms with Crippen LogP contribution in [0.15, 0.2) is 36.8 Å². The zero-order valence-electron chi connectivity index (χ0n) is 13.7. The average molecular weight is 342 g/mol. The van der Waals surface area contributed by atoms with Gasteiger partial charge >= 0.3 is 0 Å². The fraction of sp³-hybridized carbons (Fsp3) is 0.312.